The number of aromatic nitrogens is 5. The Kier molecular flexibility index (Phi) is 7.08. The van der Waals surface area contributed by atoms with Crippen molar-refractivity contribution in [2.75, 3.05) is 58.0 Å². The van der Waals surface area contributed by atoms with Crippen molar-refractivity contribution in [3.05, 3.63) is 40.8 Å². The molecule has 2 atom stereocenters. The second-order valence-corrected chi connectivity index (χ2v) is 13.1. The molecule has 11 nitrogen and oxygen atoms in total. The van der Waals surface area contributed by atoms with E-state index < -0.39 is 17.5 Å². The monoisotopic (exact) mass is 635 g/mol. The number of methoxy groups -OCH3 is 1. The summed E-state index contributed by atoms with van der Waals surface area (Å²) in [6, 6.07) is 1.89. The van der Waals surface area contributed by atoms with Gasteiger partial charge in [0.2, 0.25) is 5.88 Å². The van der Waals surface area contributed by atoms with Crippen molar-refractivity contribution in [3.63, 3.8) is 0 Å². The van der Waals surface area contributed by atoms with Crippen molar-refractivity contribution < 1.29 is 23.7 Å². The number of hydrogen-bond donors (Lipinski definition) is 2. The van der Waals surface area contributed by atoms with Gasteiger partial charge in [-0.25, -0.2) is 9.37 Å². The average Bonchev–Trinajstić information content (AvgIpc) is 3.66. The summed E-state index contributed by atoms with van der Waals surface area (Å²) in [7, 11) is 1.52. The van der Waals surface area contributed by atoms with Crippen LogP contribution in [0.25, 0.3) is 33.1 Å². The molecule has 45 heavy (non-hydrogen) atoms. The van der Waals surface area contributed by atoms with Crippen LogP contribution < -0.4 is 14.4 Å². The quantitative estimate of drug-likeness (QED) is 0.278. The number of H-pyrrole nitrogens is 1. The predicted molar refractivity (Wildman–Crippen MR) is 168 cm³/mol. The van der Waals surface area contributed by atoms with Crippen molar-refractivity contribution in [3.8, 4) is 23.1 Å². The summed E-state index contributed by atoms with van der Waals surface area (Å²) >= 11 is 6.81. The average molecular weight is 636 g/mol. The number of aliphatic hydroxyl groups excluding tert-OH is 1. The number of ether oxygens (including phenoxy) is 3. The van der Waals surface area contributed by atoms with Gasteiger partial charge in [-0.15, -0.1) is 0 Å². The molecule has 2 N–H and O–H groups in total. The van der Waals surface area contributed by atoms with E-state index in [-0.39, 0.29) is 35.6 Å². The van der Waals surface area contributed by atoms with Gasteiger partial charge in [0.15, 0.2) is 5.82 Å². The Hall–Kier alpha value is -3.58. The summed E-state index contributed by atoms with van der Waals surface area (Å²) in [5.41, 5.74) is 2.98. The number of nitrogens with one attached hydrogen (secondary N) is 1. The standard InChI is InChI=1S/C32H35ClFN7O4/c1-17-11-32(12-19(42)15-41(32)14-17)16-45-31-37-28-25(29(38-31)40-6-3-8-44-9-7-40)30(43-2)36-27(26(28)34)24-20-13-35-39-22(20)10-21(33)23(24)18-4-5-18/h10,13,18-19,42H,1,3-9,11-12,14-16H2,2H3,(H,35,39). The lowest BCUT2D eigenvalue weighted by molar-refractivity contribution is 0.107. The first-order valence-corrected chi connectivity index (χ1v) is 15.9. The van der Waals surface area contributed by atoms with Crippen LogP contribution in [0.3, 0.4) is 0 Å². The first kappa shape index (κ1) is 28.9. The van der Waals surface area contributed by atoms with Gasteiger partial charge in [0.05, 0.1) is 37.1 Å². The SMILES string of the molecule is C=C1CN2CC(O)CC2(COc2nc(N3CCCOCC3)c3c(OC)nc(-c4c(C5CC5)c(Cl)cc5[nH]ncc45)c(F)c3n2)C1. The van der Waals surface area contributed by atoms with Crippen LogP contribution in [0, 0.1) is 5.82 Å². The van der Waals surface area contributed by atoms with Crippen molar-refractivity contribution in [2.45, 2.75) is 49.7 Å². The highest BCUT2D eigenvalue weighted by molar-refractivity contribution is 6.33. The highest BCUT2D eigenvalue weighted by Gasteiger charge is 2.50. The van der Waals surface area contributed by atoms with Crippen LogP contribution in [0.4, 0.5) is 10.2 Å². The molecule has 0 bridgehead atoms. The number of anilines is 1. The number of aromatic amines is 1. The molecule has 1 aromatic carbocycles. The van der Waals surface area contributed by atoms with Crippen LogP contribution in [0.15, 0.2) is 24.4 Å². The normalized spacial score (nSPS) is 24.0. The van der Waals surface area contributed by atoms with Gasteiger partial charge < -0.3 is 24.2 Å². The molecule has 0 spiro atoms. The molecule has 1 saturated carbocycles. The van der Waals surface area contributed by atoms with Crippen molar-refractivity contribution in [1.82, 2.24) is 30.0 Å². The van der Waals surface area contributed by atoms with E-state index in [1.807, 2.05) is 6.07 Å². The third kappa shape index (κ3) is 4.89. The molecule has 8 rings (SSSR count). The molecular formula is C32H35ClFN7O4. The molecule has 236 valence electrons. The van der Waals surface area contributed by atoms with E-state index in [9.17, 15) is 5.11 Å². The molecule has 3 aromatic heterocycles. The largest absolute Gasteiger partial charge is 0.480 e. The molecule has 1 aliphatic carbocycles. The van der Waals surface area contributed by atoms with Crippen molar-refractivity contribution >= 4 is 39.2 Å². The zero-order valence-electron chi connectivity index (χ0n) is 25.1. The number of halogens is 2. The molecule has 6 heterocycles. The van der Waals surface area contributed by atoms with Gasteiger partial charge in [0.25, 0.3) is 0 Å². The second kappa shape index (κ2) is 11.0. The van der Waals surface area contributed by atoms with Crippen LogP contribution in [0.1, 0.15) is 43.6 Å². The van der Waals surface area contributed by atoms with Crippen LogP contribution in [-0.2, 0) is 4.74 Å². The van der Waals surface area contributed by atoms with Gasteiger partial charge in [-0.3, -0.25) is 10.00 Å². The van der Waals surface area contributed by atoms with E-state index in [2.05, 4.69) is 26.6 Å². The molecule has 2 unspecified atom stereocenters. The number of benzene rings is 1. The third-order valence-electron chi connectivity index (χ3n) is 9.57. The Morgan fingerprint density at radius 1 is 1.24 bits per heavy atom. The van der Waals surface area contributed by atoms with E-state index in [0.29, 0.717) is 79.5 Å². The summed E-state index contributed by atoms with van der Waals surface area (Å²) in [4.78, 5) is 18.6. The number of rotatable bonds is 7. The molecule has 3 aliphatic heterocycles. The van der Waals surface area contributed by atoms with Crippen LogP contribution in [-0.4, -0.2) is 99.9 Å². The number of β-amino-alcohol motifs (C(OH)–C–C–N with tert-alkyl or cyclic N) is 1. The lowest BCUT2D eigenvalue weighted by Crippen LogP contribution is -2.43. The topological polar surface area (TPSA) is 122 Å². The summed E-state index contributed by atoms with van der Waals surface area (Å²) in [6.45, 7) is 8.03. The van der Waals surface area contributed by atoms with Crippen molar-refractivity contribution in [1.29, 1.82) is 0 Å². The van der Waals surface area contributed by atoms with Crippen molar-refractivity contribution in [2.24, 2.45) is 0 Å². The third-order valence-corrected chi connectivity index (χ3v) is 9.88. The van der Waals surface area contributed by atoms with Crippen LogP contribution >= 0.6 is 11.6 Å². The highest BCUT2D eigenvalue weighted by atomic mass is 35.5. The summed E-state index contributed by atoms with van der Waals surface area (Å²) in [5.74, 6) is 0.287. The van der Waals surface area contributed by atoms with E-state index in [4.69, 9.17) is 40.8 Å². The minimum absolute atomic E-state index is 0.0518. The first-order valence-electron chi connectivity index (χ1n) is 15.5. The maximum Gasteiger partial charge on any atom is 0.319 e. The Morgan fingerprint density at radius 3 is 2.93 bits per heavy atom. The van der Waals surface area contributed by atoms with Crippen LogP contribution in [0.2, 0.25) is 5.02 Å². The fraction of sp³-hybridized carbons (Fsp3) is 0.500. The van der Waals surface area contributed by atoms with Gasteiger partial charge >= 0.3 is 6.01 Å². The molecule has 4 aliphatic rings. The molecule has 13 heteroatoms. The van der Waals surface area contributed by atoms with Gasteiger partial charge in [0, 0.05) is 48.8 Å². The molecule has 0 radical (unpaired) electrons. The Morgan fingerprint density at radius 2 is 2.11 bits per heavy atom. The maximum absolute atomic E-state index is 17.1. The predicted octanol–water partition coefficient (Wildman–Crippen LogP) is 4.62. The summed E-state index contributed by atoms with van der Waals surface area (Å²) in [5, 5.41) is 19.3. The van der Waals surface area contributed by atoms with Gasteiger partial charge in [-0.2, -0.15) is 15.1 Å². The number of nitrogens with zero attached hydrogens (tertiary/aromatic N) is 6. The number of hydrogen-bond acceptors (Lipinski definition) is 10. The molecule has 4 fully saturated rings. The smallest absolute Gasteiger partial charge is 0.319 e. The Bertz CT molecular complexity index is 1820. The van der Waals surface area contributed by atoms with Gasteiger partial charge in [-0.05, 0) is 49.7 Å². The zero-order valence-corrected chi connectivity index (χ0v) is 25.9. The second-order valence-electron chi connectivity index (χ2n) is 12.7. The van der Waals surface area contributed by atoms with E-state index in [1.54, 1.807) is 6.20 Å². The Balaban J connectivity index is 1.31. The Labute approximate surface area is 264 Å². The fourth-order valence-electron chi connectivity index (χ4n) is 7.46. The highest BCUT2D eigenvalue weighted by Crippen LogP contribution is 2.51. The van der Waals surface area contributed by atoms with Gasteiger partial charge in [-0.1, -0.05) is 23.8 Å². The van der Waals surface area contributed by atoms with Gasteiger partial charge in [0.1, 0.15) is 29.0 Å². The minimum atomic E-state index is -0.609. The first-order chi connectivity index (χ1) is 21.8. The minimum Gasteiger partial charge on any atom is -0.480 e. The number of aliphatic hydroxyl groups is 1. The number of pyridine rings is 1. The summed E-state index contributed by atoms with van der Waals surface area (Å²) < 4.78 is 35.0. The molecule has 4 aromatic rings. The maximum atomic E-state index is 17.1. The molecule has 3 saturated heterocycles. The number of fused-ring (bicyclic) bond motifs is 3. The zero-order chi connectivity index (χ0) is 30.9. The van der Waals surface area contributed by atoms with E-state index >= 15 is 4.39 Å². The van der Waals surface area contributed by atoms with E-state index in [1.165, 1.54) is 7.11 Å². The van der Waals surface area contributed by atoms with Crippen LogP contribution in [0.5, 0.6) is 11.9 Å². The molecular weight excluding hydrogens is 601 g/mol. The van der Waals surface area contributed by atoms with E-state index in [0.717, 1.165) is 35.8 Å². The summed E-state index contributed by atoms with van der Waals surface area (Å²) in [6.07, 6.45) is 5.21. The molecule has 0 amide bonds. The lowest BCUT2D eigenvalue weighted by Gasteiger charge is -2.30. The lowest BCUT2D eigenvalue weighted by atomic mass is 9.93. The fourth-order valence-corrected chi connectivity index (χ4v) is 7.81.